The molecule has 1 unspecified atom stereocenters. The molecule has 0 aliphatic carbocycles. The molecule has 8 N–H and O–H groups in total. The lowest BCUT2D eigenvalue weighted by Gasteiger charge is -2.26. The second kappa shape index (κ2) is 15.8. The number of nitrogens with zero attached hydrogens (tertiary/aromatic N) is 6. The number of nitrogens with one attached hydrogen (secondary N) is 1. The topological polar surface area (TPSA) is 297 Å². The smallest absolute Gasteiger partial charge is 0.394 e. The second-order valence-corrected chi connectivity index (χ2v) is 13.7. The van der Waals surface area contributed by atoms with Gasteiger partial charge < -0.3 is 45.5 Å². The van der Waals surface area contributed by atoms with Gasteiger partial charge in [0.15, 0.2) is 23.6 Å². The van der Waals surface area contributed by atoms with Crippen molar-refractivity contribution in [3.63, 3.8) is 0 Å². The van der Waals surface area contributed by atoms with Gasteiger partial charge in [-0.1, -0.05) is 60.7 Å². The van der Waals surface area contributed by atoms with Gasteiger partial charge >= 0.3 is 13.5 Å². The van der Waals surface area contributed by atoms with Crippen molar-refractivity contribution in [1.29, 1.82) is 0 Å². The fraction of sp³-hybridized carbons (Fsp3) is 0.375. The lowest BCUT2D eigenvalue weighted by Crippen LogP contribution is -2.39. The van der Waals surface area contributed by atoms with E-state index in [-0.39, 0.29) is 36.3 Å². The van der Waals surface area contributed by atoms with E-state index in [0.29, 0.717) is 0 Å². The van der Waals surface area contributed by atoms with Crippen LogP contribution in [0.2, 0.25) is 0 Å². The Labute approximate surface area is 304 Å². The lowest BCUT2D eigenvalue weighted by atomic mass is 10.1. The molecule has 54 heavy (non-hydrogen) atoms. The van der Waals surface area contributed by atoms with E-state index >= 15 is 0 Å². The maximum Gasteiger partial charge on any atom is 0.472 e. The number of aromatic amines is 1. The summed E-state index contributed by atoms with van der Waals surface area (Å²) in [5.41, 5.74) is 11.3. The number of fused-ring (bicyclic) bond motifs is 1. The number of anilines is 2. The zero-order chi connectivity index (χ0) is 38.0. The first-order valence-corrected chi connectivity index (χ1v) is 18.0. The van der Waals surface area contributed by atoms with Crippen molar-refractivity contribution in [3.8, 4) is 0 Å². The fourth-order valence-corrected chi connectivity index (χ4v) is 7.15. The molecule has 3 aromatic heterocycles. The monoisotopic (exact) mass is 769 g/mol. The summed E-state index contributed by atoms with van der Waals surface area (Å²) in [6.07, 6.45) is -8.11. The summed E-state index contributed by atoms with van der Waals surface area (Å²) >= 11 is 0. The van der Waals surface area contributed by atoms with Crippen LogP contribution in [0.25, 0.3) is 11.2 Å². The zero-order valence-electron chi connectivity index (χ0n) is 28.2. The Hall–Kier alpha value is -4.93. The van der Waals surface area contributed by atoms with Crippen LogP contribution < -0.4 is 22.7 Å². The standard InChI is InChI=1S/C32H36N9O12P/c33-30-36-16-41(32(45)39-30)28-24(48-12-17-7-3-1-4-8-17)22(43)20(52-28)14-50-54(46,47)53-23-19(11-42)51-29(25(23)49-13-18-9-5-2-6-10-18)40-15-35-21-26(40)37-31(34)38-27(21)44/h1-10,15-16,19-20,22-25,28-29,42-43H,11-14H2,(H,46,47)(H2,33,39,45)(H3,34,37,38,44)/t19-,20-,22+,23+,24+,25+,28-,29-/m1/s1. The number of hydrogen-bond donors (Lipinski definition) is 6. The van der Waals surface area contributed by atoms with Crippen molar-refractivity contribution in [3.05, 3.63) is 105 Å². The number of ether oxygens (including phenoxy) is 4. The van der Waals surface area contributed by atoms with Crippen molar-refractivity contribution in [2.75, 3.05) is 24.7 Å². The van der Waals surface area contributed by atoms with Gasteiger partial charge in [0.1, 0.15) is 43.0 Å². The van der Waals surface area contributed by atoms with Crippen molar-refractivity contribution in [2.24, 2.45) is 0 Å². The number of nitrogen functional groups attached to an aromatic ring is 2. The van der Waals surface area contributed by atoms with Crippen LogP contribution in [0.1, 0.15) is 23.6 Å². The van der Waals surface area contributed by atoms with E-state index < -0.39 is 81.4 Å². The van der Waals surface area contributed by atoms with Crippen LogP contribution in [0.15, 0.2) is 82.9 Å². The van der Waals surface area contributed by atoms with Crippen molar-refractivity contribution < 1.29 is 47.7 Å². The van der Waals surface area contributed by atoms with Crippen molar-refractivity contribution in [2.45, 2.75) is 62.3 Å². The number of aromatic nitrogens is 7. The van der Waals surface area contributed by atoms with E-state index in [1.807, 2.05) is 12.1 Å². The van der Waals surface area contributed by atoms with Gasteiger partial charge in [0.2, 0.25) is 11.9 Å². The number of phosphoric ester groups is 1. The number of H-pyrrole nitrogens is 1. The minimum Gasteiger partial charge on any atom is -0.394 e. The molecule has 0 amide bonds. The highest BCUT2D eigenvalue weighted by molar-refractivity contribution is 7.47. The summed E-state index contributed by atoms with van der Waals surface area (Å²) in [5.74, 6) is -0.482. The van der Waals surface area contributed by atoms with E-state index in [2.05, 4.69) is 24.9 Å². The molecule has 0 bridgehead atoms. The van der Waals surface area contributed by atoms with E-state index in [1.54, 1.807) is 48.5 Å². The minimum absolute atomic E-state index is 0.0145. The SMILES string of the molecule is Nc1ncn([C@@H]2O[C@H](COP(=O)(O)O[C@@H]3[C@H](OCc4ccccc4)[C@H](n4cnc5c(=O)[nH]c(N)nc54)O[C@@H]3CO)[C@H](O)[C@@H]2OCc2ccccc2)c(=O)n1. The number of aliphatic hydroxyl groups excluding tert-OH is 2. The van der Waals surface area contributed by atoms with Gasteiger partial charge in [0, 0.05) is 0 Å². The number of imidazole rings is 1. The van der Waals surface area contributed by atoms with E-state index in [4.69, 9.17) is 39.5 Å². The summed E-state index contributed by atoms with van der Waals surface area (Å²) in [4.78, 5) is 54.4. The number of rotatable bonds is 14. The molecular weight excluding hydrogens is 733 g/mol. The highest BCUT2D eigenvalue weighted by atomic mass is 31.2. The third-order valence-electron chi connectivity index (χ3n) is 8.75. The molecule has 2 aliphatic rings. The normalized spacial score (nSPS) is 26.6. The maximum absolute atomic E-state index is 13.6. The van der Waals surface area contributed by atoms with Crippen molar-refractivity contribution >= 4 is 30.9 Å². The Kier molecular flexibility index (Phi) is 10.9. The molecule has 21 nitrogen and oxygen atoms in total. The van der Waals surface area contributed by atoms with Gasteiger partial charge in [-0.25, -0.2) is 19.3 Å². The van der Waals surface area contributed by atoms with Crippen LogP contribution in [0.3, 0.4) is 0 Å². The highest BCUT2D eigenvalue weighted by Gasteiger charge is 2.52. The summed E-state index contributed by atoms with van der Waals surface area (Å²) in [6, 6.07) is 18.0. The van der Waals surface area contributed by atoms with Gasteiger partial charge in [-0.2, -0.15) is 9.97 Å². The molecule has 5 aromatic rings. The number of aliphatic hydroxyl groups is 2. The number of phosphoric acid groups is 1. The predicted molar refractivity (Wildman–Crippen MR) is 185 cm³/mol. The van der Waals surface area contributed by atoms with Crippen LogP contribution >= 0.6 is 7.82 Å². The van der Waals surface area contributed by atoms with Crippen LogP contribution in [0.4, 0.5) is 11.9 Å². The van der Waals surface area contributed by atoms with Crippen LogP contribution in [-0.4, -0.2) is 99.0 Å². The first kappa shape index (κ1) is 37.4. The predicted octanol–water partition coefficient (Wildman–Crippen LogP) is -0.243. The van der Waals surface area contributed by atoms with Gasteiger partial charge in [-0.15, -0.1) is 0 Å². The summed E-state index contributed by atoms with van der Waals surface area (Å²) < 4.78 is 51.1. The van der Waals surface area contributed by atoms with Gasteiger partial charge in [-0.05, 0) is 11.1 Å². The van der Waals surface area contributed by atoms with Crippen molar-refractivity contribution in [1.82, 2.24) is 34.1 Å². The average Bonchev–Trinajstić information content (AvgIpc) is 3.82. The molecular formula is C32H36N9O12P. The number of nitrogens with two attached hydrogens (primary N) is 2. The van der Waals surface area contributed by atoms with E-state index in [1.165, 1.54) is 10.9 Å². The second-order valence-electron chi connectivity index (χ2n) is 12.3. The third kappa shape index (κ3) is 7.95. The molecule has 7 rings (SSSR count). The molecule has 2 fully saturated rings. The van der Waals surface area contributed by atoms with Crippen LogP contribution in [0.5, 0.6) is 0 Å². The highest BCUT2D eigenvalue weighted by Crippen LogP contribution is 2.50. The average molecular weight is 770 g/mol. The molecule has 22 heteroatoms. The van der Waals surface area contributed by atoms with E-state index in [9.17, 15) is 29.3 Å². The number of benzene rings is 2. The Balaban J connectivity index is 1.11. The fourth-order valence-electron chi connectivity index (χ4n) is 6.19. The van der Waals surface area contributed by atoms with E-state index in [0.717, 1.165) is 22.0 Å². The third-order valence-corrected chi connectivity index (χ3v) is 9.74. The molecule has 0 spiro atoms. The van der Waals surface area contributed by atoms with Gasteiger partial charge in [0.25, 0.3) is 5.56 Å². The molecule has 2 aromatic carbocycles. The summed E-state index contributed by atoms with van der Waals surface area (Å²) in [6.45, 7) is -1.43. The zero-order valence-corrected chi connectivity index (χ0v) is 29.1. The molecule has 5 heterocycles. The Bertz CT molecular complexity index is 2230. The number of hydrogen-bond acceptors (Lipinski definition) is 17. The van der Waals surface area contributed by atoms with Crippen LogP contribution in [0, 0.1) is 0 Å². The Morgan fingerprint density at radius 3 is 2.09 bits per heavy atom. The first-order valence-electron chi connectivity index (χ1n) is 16.5. The molecule has 0 saturated carbocycles. The molecule has 2 saturated heterocycles. The minimum atomic E-state index is -5.09. The Morgan fingerprint density at radius 2 is 1.44 bits per heavy atom. The molecule has 2 aliphatic heterocycles. The summed E-state index contributed by atoms with van der Waals surface area (Å²) in [5, 5.41) is 21.6. The largest absolute Gasteiger partial charge is 0.472 e. The van der Waals surface area contributed by atoms with Gasteiger partial charge in [-0.3, -0.25) is 28.0 Å². The molecule has 0 radical (unpaired) electrons. The van der Waals surface area contributed by atoms with Gasteiger partial charge in [0.05, 0.1) is 32.8 Å². The maximum atomic E-state index is 13.6. The Morgan fingerprint density at radius 1 is 0.833 bits per heavy atom. The molecule has 9 atom stereocenters. The lowest BCUT2D eigenvalue weighted by molar-refractivity contribution is -0.0821. The summed E-state index contributed by atoms with van der Waals surface area (Å²) in [7, 11) is -5.09. The van der Waals surface area contributed by atoms with Crippen LogP contribution in [-0.2, 0) is 45.8 Å². The first-order chi connectivity index (χ1) is 26.0. The quantitative estimate of drug-likeness (QED) is 0.0794. The molecule has 286 valence electrons.